The van der Waals surface area contributed by atoms with E-state index >= 15 is 0 Å². The normalized spacial score (nSPS) is 13.9. The molecule has 0 aromatic carbocycles. The lowest BCUT2D eigenvalue weighted by molar-refractivity contribution is -0.139. The van der Waals surface area contributed by atoms with Crippen molar-refractivity contribution in [1.29, 1.82) is 0 Å². The van der Waals surface area contributed by atoms with Gasteiger partial charge < -0.3 is 15.2 Å². The maximum atomic E-state index is 10.9. The van der Waals surface area contributed by atoms with Gasteiger partial charge in [0.1, 0.15) is 4.83 Å². The van der Waals surface area contributed by atoms with Gasteiger partial charge in [0.05, 0.1) is 12.7 Å². The van der Waals surface area contributed by atoms with Gasteiger partial charge in [-0.1, -0.05) is 15.9 Å². The predicted molar refractivity (Wildman–Crippen MR) is 53.9 cm³/mol. The molecule has 0 spiro atoms. The van der Waals surface area contributed by atoms with Crippen LogP contribution in [0.2, 0.25) is 0 Å². The van der Waals surface area contributed by atoms with E-state index in [1.165, 1.54) is 7.11 Å². The van der Waals surface area contributed by atoms with Crippen molar-refractivity contribution in [3.63, 3.8) is 0 Å². The lowest BCUT2D eigenvalue weighted by Gasteiger charge is -2.18. The number of esters is 1. The van der Waals surface area contributed by atoms with Gasteiger partial charge in [-0.3, -0.25) is 4.79 Å². The number of methoxy groups -OCH3 is 1. The van der Waals surface area contributed by atoms with Gasteiger partial charge in [-0.2, -0.15) is 0 Å². The molecule has 0 bridgehead atoms. The Morgan fingerprint density at radius 3 is 2.62 bits per heavy atom. The lowest BCUT2D eigenvalue weighted by Crippen LogP contribution is -2.39. The number of nitrogens with one attached hydrogen (secondary N) is 1. The van der Waals surface area contributed by atoms with E-state index in [0.717, 1.165) is 0 Å². The summed E-state index contributed by atoms with van der Waals surface area (Å²) in [4.78, 5) is 10.5. The highest BCUT2D eigenvalue weighted by Crippen LogP contribution is 2.02. The summed E-state index contributed by atoms with van der Waals surface area (Å²) in [6, 6.07) is 0. The van der Waals surface area contributed by atoms with Gasteiger partial charge in [0.2, 0.25) is 0 Å². The minimum absolute atomic E-state index is 0.316. The minimum atomic E-state index is -0.761. The molecule has 78 valence electrons. The summed E-state index contributed by atoms with van der Waals surface area (Å²) >= 11 is 3.15. The molecule has 0 rings (SSSR count). The zero-order valence-electron chi connectivity index (χ0n) is 8.13. The average Bonchev–Trinajstić information content (AvgIpc) is 2.00. The molecular formula is C8H16BrNO3. The van der Waals surface area contributed by atoms with Crippen LogP contribution >= 0.6 is 15.9 Å². The molecule has 0 aliphatic carbocycles. The van der Waals surface area contributed by atoms with Crippen molar-refractivity contribution in [3.8, 4) is 0 Å². The van der Waals surface area contributed by atoms with Crippen LogP contribution in [0.5, 0.6) is 0 Å². The van der Waals surface area contributed by atoms with Crippen molar-refractivity contribution in [1.82, 2.24) is 5.32 Å². The lowest BCUT2D eigenvalue weighted by atomic mass is 10.1. The number of carbonyl (C=O) groups excluding carboxylic acids is 1. The second-order valence-electron chi connectivity index (χ2n) is 3.43. The minimum Gasteiger partial charge on any atom is -0.468 e. The molecule has 0 radical (unpaired) electrons. The van der Waals surface area contributed by atoms with E-state index in [2.05, 4.69) is 26.0 Å². The van der Waals surface area contributed by atoms with E-state index in [9.17, 15) is 9.90 Å². The van der Waals surface area contributed by atoms with Gasteiger partial charge in [-0.05, 0) is 13.8 Å². The van der Waals surface area contributed by atoms with Crippen molar-refractivity contribution in [2.75, 3.05) is 20.2 Å². The van der Waals surface area contributed by atoms with Crippen molar-refractivity contribution in [2.24, 2.45) is 0 Å². The Morgan fingerprint density at radius 1 is 1.69 bits per heavy atom. The van der Waals surface area contributed by atoms with Crippen LogP contribution < -0.4 is 5.32 Å². The fraction of sp³-hybridized carbons (Fsp3) is 0.875. The molecule has 13 heavy (non-hydrogen) atoms. The average molecular weight is 254 g/mol. The molecule has 1 unspecified atom stereocenters. The molecule has 0 heterocycles. The summed E-state index contributed by atoms with van der Waals surface area (Å²) in [6.07, 6.45) is 0. The molecule has 0 aromatic rings. The number of ether oxygens (including phenoxy) is 1. The third kappa shape index (κ3) is 6.98. The highest BCUT2D eigenvalue weighted by Gasteiger charge is 2.17. The van der Waals surface area contributed by atoms with Gasteiger partial charge in [-0.15, -0.1) is 0 Å². The Hall–Kier alpha value is -0.130. The van der Waals surface area contributed by atoms with Crippen molar-refractivity contribution in [3.05, 3.63) is 0 Å². The van der Waals surface area contributed by atoms with Crippen LogP contribution in [-0.4, -0.2) is 41.7 Å². The Balaban J connectivity index is 3.59. The third-order valence-electron chi connectivity index (χ3n) is 1.34. The summed E-state index contributed by atoms with van der Waals surface area (Å²) in [6.45, 7) is 4.27. The van der Waals surface area contributed by atoms with E-state index in [0.29, 0.717) is 13.1 Å². The second kappa shape index (κ2) is 5.57. The number of alkyl halides is 1. The van der Waals surface area contributed by atoms with Gasteiger partial charge in [0.15, 0.2) is 0 Å². The van der Waals surface area contributed by atoms with E-state index in [4.69, 9.17) is 0 Å². The molecular weight excluding hydrogens is 238 g/mol. The van der Waals surface area contributed by atoms with Crippen LogP contribution in [0.25, 0.3) is 0 Å². The number of hydrogen-bond acceptors (Lipinski definition) is 4. The summed E-state index contributed by atoms with van der Waals surface area (Å²) in [5, 5.41) is 12.3. The smallest absolute Gasteiger partial charge is 0.320 e. The largest absolute Gasteiger partial charge is 0.468 e. The summed E-state index contributed by atoms with van der Waals surface area (Å²) < 4.78 is 4.51. The monoisotopic (exact) mass is 253 g/mol. The molecule has 1 atom stereocenters. The Labute approximate surface area is 86.8 Å². The summed E-state index contributed by atoms with van der Waals surface area (Å²) in [7, 11) is 1.34. The van der Waals surface area contributed by atoms with Gasteiger partial charge in [0, 0.05) is 13.1 Å². The first kappa shape index (κ1) is 12.9. The highest BCUT2D eigenvalue weighted by molar-refractivity contribution is 9.10. The third-order valence-corrected chi connectivity index (χ3v) is 2.04. The van der Waals surface area contributed by atoms with E-state index in [-0.39, 0.29) is 10.8 Å². The number of hydrogen-bond donors (Lipinski definition) is 2. The van der Waals surface area contributed by atoms with Crippen LogP contribution in [0.1, 0.15) is 13.8 Å². The number of carbonyl (C=O) groups is 1. The van der Waals surface area contributed by atoms with Crippen LogP contribution in [-0.2, 0) is 9.53 Å². The standard InChI is InChI=1S/C8H16BrNO3/c1-8(2,12)5-10-4-6(9)7(11)13-3/h6,10,12H,4-5H2,1-3H3. The fourth-order valence-corrected chi connectivity index (χ4v) is 1.13. The first-order valence-corrected chi connectivity index (χ1v) is 4.93. The SMILES string of the molecule is COC(=O)C(Br)CNCC(C)(C)O. The number of halogens is 1. The molecule has 4 nitrogen and oxygen atoms in total. The topological polar surface area (TPSA) is 58.6 Å². The molecule has 0 aromatic heterocycles. The van der Waals surface area contributed by atoms with Crippen LogP contribution in [0, 0.1) is 0 Å². The summed E-state index contributed by atoms with van der Waals surface area (Å²) in [5.74, 6) is -0.316. The van der Waals surface area contributed by atoms with Crippen LogP contribution in [0.4, 0.5) is 0 Å². The van der Waals surface area contributed by atoms with Gasteiger partial charge in [-0.25, -0.2) is 0 Å². The molecule has 0 aliphatic rings. The predicted octanol–water partition coefficient (Wildman–Crippen LogP) is 0.283. The maximum Gasteiger partial charge on any atom is 0.320 e. The Kier molecular flexibility index (Phi) is 5.51. The first-order valence-electron chi connectivity index (χ1n) is 4.02. The molecule has 0 saturated heterocycles. The molecule has 0 fully saturated rings. The number of aliphatic hydroxyl groups is 1. The Morgan fingerprint density at radius 2 is 2.23 bits per heavy atom. The van der Waals surface area contributed by atoms with E-state index < -0.39 is 5.60 Å². The molecule has 0 aliphatic heterocycles. The molecule has 0 saturated carbocycles. The fourth-order valence-electron chi connectivity index (χ4n) is 0.716. The zero-order valence-corrected chi connectivity index (χ0v) is 9.72. The van der Waals surface area contributed by atoms with Gasteiger partial charge in [0.25, 0.3) is 0 Å². The quantitative estimate of drug-likeness (QED) is 0.546. The second-order valence-corrected chi connectivity index (χ2v) is 4.54. The van der Waals surface area contributed by atoms with Crippen molar-refractivity contribution in [2.45, 2.75) is 24.3 Å². The molecule has 2 N–H and O–H groups in total. The first-order chi connectivity index (χ1) is 5.87. The van der Waals surface area contributed by atoms with E-state index in [1.54, 1.807) is 13.8 Å². The van der Waals surface area contributed by atoms with Crippen LogP contribution in [0.15, 0.2) is 0 Å². The molecule has 5 heteroatoms. The highest BCUT2D eigenvalue weighted by atomic mass is 79.9. The number of rotatable bonds is 5. The van der Waals surface area contributed by atoms with E-state index in [1.807, 2.05) is 0 Å². The van der Waals surface area contributed by atoms with Crippen molar-refractivity contribution >= 4 is 21.9 Å². The maximum absolute atomic E-state index is 10.9. The van der Waals surface area contributed by atoms with Crippen LogP contribution in [0.3, 0.4) is 0 Å². The summed E-state index contributed by atoms with van der Waals surface area (Å²) in [5.41, 5.74) is -0.761. The van der Waals surface area contributed by atoms with Crippen molar-refractivity contribution < 1.29 is 14.6 Å². The molecule has 0 amide bonds. The Bertz CT molecular complexity index is 167. The zero-order chi connectivity index (χ0) is 10.5. The van der Waals surface area contributed by atoms with Gasteiger partial charge >= 0.3 is 5.97 Å².